The van der Waals surface area contributed by atoms with Crippen LogP contribution < -0.4 is 0 Å². The lowest BCUT2D eigenvalue weighted by Crippen LogP contribution is -2.48. The summed E-state index contributed by atoms with van der Waals surface area (Å²) in [4.78, 5) is 31.6. The van der Waals surface area contributed by atoms with Crippen LogP contribution in [0, 0.1) is 24.2 Å². The number of hydrogen-bond acceptors (Lipinski definition) is 4. The van der Waals surface area contributed by atoms with Crippen LogP contribution >= 0.6 is 23.2 Å². The number of rotatable bonds is 8. The Morgan fingerprint density at radius 1 is 1.12 bits per heavy atom. The zero-order valence-corrected chi connectivity index (χ0v) is 24.4. The van der Waals surface area contributed by atoms with Gasteiger partial charge in [-0.15, -0.1) is 0 Å². The average Bonchev–Trinajstić information content (AvgIpc) is 2.83. The Hall–Kier alpha value is -2.26. The highest BCUT2D eigenvalue weighted by Gasteiger charge is 2.43. The van der Waals surface area contributed by atoms with Crippen LogP contribution in [0.4, 0.5) is 17.6 Å². The van der Waals surface area contributed by atoms with Gasteiger partial charge in [0.1, 0.15) is 5.67 Å². The van der Waals surface area contributed by atoms with Gasteiger partial charge in [-0.2, -0.15) is 13.2 Å². The SMILES string of the molecule is Cc1cc(Cl)c(C(=O)CN(CC2(F)CCC[C@@H](C)C2)C(=O)/C(C=N)=C(/N=C2CCC(C)CC2)C(F)(F)F)c(Cl)c1. The maximum Gasteiger partial charge on any atom is 0.434 e. The van der Waals surface area contributed by atoms with Crippen LogP contribution in [0.5, 0.6) is 0 Å². The van der Waals surface area contributed by atoms with Crippen LogP contribution in [0.3, 0.4) is 0 Å². The smallest absolute Gasteiger partial charge is 0.328 e. The van der Waals surface area contributed by atoms with E-state index in [1.54, 1.807) is 6.92 Å². The number of hydrogen-bond donors (Lipinski definition) is 1. The van der Waals surface area contributed by atoms with Crippen molar-refractivity contribution in [3.05, 3.63) is 44.6 Å². The number of carbonyl (C=O) groups excluding carboxylic acids is 2. The number of amides is 1. The minimum absolute atomic E-state index is 0.00373. The molecule has 1 unspecified atom stereocenters. The predicted octanol–water partition coefficient (Wildman–Crippen LogP) is 8.35. The molecule has 2 saturated carbocycles. The lowest BCUT2D eigenvalue weighted by Gasteiger charge is -2.37. The number of aliphatic imine (C=N–C) groups is 1. The van der Waals surface area contributed by atoms with Crippen LogP contribution in [-0.2, 0) is 4.79 Å². The maximum absolute atomic E-state index is 16.0. The molecule has 1 amide bonds. The summed E-state index contributed by atoms with van der Waals surface area (Å²) in [6, 6.07) is 3.00. The lowest BCUT2D eigenvalue weighted by molar-refractivity contribution is -0.130. The lowest BCUT2D eigenvalue weighted by atomic mass is 9.79. The van der Waals surface area contributed by atoms with Crippen LogP contribution in [0.2, 0.25) is 10.0 Å². The van der Waals surface area contributed by atoms with Crippen molar-refractivity contribution in [3.8, 4) is 0 Å². The summed E-state index contributed by atoms with van der Waals surface area (Å²) in [5.74, 6) is -1.70. The van der Waals surface area contributed by atoms with Gasteiger partial charge in [-0.3, -0.25) is 14.6 Å². The Bertz CT molecular complexity index is 1180. The summed E-state index contributed by atoms with van der Waals surface area (Å²) in [7, 11) is 0. The molecule has 1 aromatic carbocycles. The maximum atomic E-state index is 16.0. The van der Waals surface area contributed by atoms with Gasteiger partial charge in [0.05, 0.1) is 34.3 Å². The Kier molecular flexibility index (Phi) is 10.6. The van der Waals surface area contributed by atoms with Crippen molar-refractivity contribution in [3.63, 3.8) is 0 Å². The predicted molar refractivity (Wildman–Crippen MR) is 151 cm³/mol. The van der Waals surface area contributed by atoms with E-state index in [0.717, 1.165) is 11.3 Å². The van der Waals surface area contributed by atoms with E-state index >= 15 is 4.39 Å². The zero-order valence-electron chi connectivity index (χ0n) is 22.9. The van der Waals surface area contributed by atoms with Crippen LogP contribution in [0.1, 0.15) is 81.1 Å². The van der Waals surface area contributed by atoms with Gasteiger partial charge < -0.3 is 10.3 Å². The number of aryl methyl sites for hydroxylation is 1. The molecule has 2 atom stereocenters. The third kappa shape index (κ3) is 8.15. The number of ketones is 1. The van der Waals surface area contributed by atoms with E-state index < -0.39 is 47.9 Å². The number of benzene rings is 1. The highest BCUT2D eigenvalue weighted by atomic mass is 35.5. The standard InChI is InChI=1S/C29H35Cl2F4N3O2/c1-17-6-8-20(9-7-17)37-26(29(33,34)35)21(14-36)27(40)38(16-28(32)10-4-5-18(2)13-28)15-24(39)25-22(30)11-19(3)12-23(25)31/h11-12,14,17-18,36H,4-10,13,15-16H2,1-3H3/b26-21+,36-14?,37-20?/t17?,18-,28?/m1/s1. The van der Waals surface area contributed by atoms with Gasteiger partial charge in [0.2, 0.25) is 0 Å². The van der Waals surface area contributed by atoms with E-state index in [9.17, 15) is 22.8 Å². The molecule has 1 aromatic rings. The van der Waals surface area contributed by atoms with E-state index in [0.29, 0.717) is 55.5 Å². The molecule has 1 N–H and O–H groups in total. The fourth-order valence-electron chi connectivity index (χ4n) is 5.54. The van der Waals surface area contributed by atoms with Gasteiger partial charge in [0.25, 0.3) is 5.91 Å². The number of allylic oxidation sites excluding steroid dienone is 1. The molecule has 0 bridgehead atoms. The number of carbonyl (C=O) groups is 2. The molecule has 0 saturated heterocycles. The summed E-state index contributed by atoms with van der Waals surface area (Å²) in [5, 5.41) is 7.79. The Morgan fingerprint density at radius 3 is 2.25 bits per heavy atom. The third-order valence-corrected chi connectivity index (χ3v) is 8.21. The van der Waals surface area contributed by atoms with Crippen LogP contribution in [-0.4, -0.2) is 53.5 Å². The first-order chi connectivity index (χ1) is 18.6. The van der Waals surface area contributed by atoms with Gasteiger partial charge in [-0.05, 0) is 81.4 Å². The molecule has 0 radical (unpaired) electrons. The molecular weight excluding hydrogens is 569 g/mol. The molecule has 2 aliphatic carbocycles. The first-order valence-corrected chi connectivity index (χ1v) is 14.2. The van der Waals surface area contributed by atoms with Crippen LogP contribution in [0.25, 0.3) is 0 Å². The molecule has 40 heavy (non-hydrogen) atoms. The Balaban J connectivity index is 2.07. The summed E-state index contributed by atoms with van der Waals surface area (Å²) < 4.78 is 58.8. The molecule has 0 spiro atoms. The third-order valence-electron chi connectivity index (χ3n) is 7.62. The average molecular weight is 605 g/mol. The minimum atomic E-state index is -5.05. The van der Waals surface area contributed by atoms with Gasteiger partial charge in [0, 0.05) is 11.9 Å². The highest BCUT2D eigenvalue weighted by molar-refractivity contribution is 6.40. The van der Waals surface area contributed by atoms with E-state index in [1.165, 1.54) is 12.1 Å². The molecule has 0 aliphatic heterocycles. The molecule has 5 nitrogen and oxygen atoms in total. The number of halogens is 6. The number of nitrogens with zero attached hydrogens (tertiary/aromatic N) is 2. The van der Waals surface area contributed by atoms with Gasteiger partial charge >= 0.3 is 6.18 Å². The van der Waals surface area contributed by atoms with Crippen molar-refractivity contribution in [1.29, 1.82) is 5.41 Å². The second-order valence-corrected chi connectivity index (χ2v) is 12.1. The Labute approximate surface area is 242 Å². The normalized spacial score (nSPS) is 24.3. The molecular formula is C29H35Cl2F4N3O2. The first kappa shape index (κ1) is 32.3. The van der Waals surface area contributed by atoms with Crippen molar-refractivity contribution < 1.29 is 27.2 Å². The van der Waals surface area contributed by atoms with Crippen molar-refractivity contribution >= 4 is 46.8 Å². The van der Waals surface area contributed by atoms with Crippen molar-refractivity contribution in [2.24, 2.45) is 16.8 Å². The van der Waals surface area contributed by atoms with Crippen molar-refractivity contribution in [2.75, 3.05) is 13.1 Å². The minimum Gasteiger partial charge on any atom is -0.328 e. The summed E-state index contributed by atoms with van der Waals surface area (Å²) in [5.41, 5.74) is -3.60. The van der Waals surface area contributed by atoms with E-state index in [1.807, 2.05) is 13.8 Å². The summed E-state index contributed by atoms with van der Waals surface area (Å²) in [6.07, 6.45) is -1.23. The number of alkyl halides is 4. The largest absolute Gasteiger partial charge is 0.434 e. The molecule has 2 aliphatic rings. The fraction of sp³-hybridized carbons (Fsp3) is 0.586. The molecule has 0 aromatic heterocycles. The van der Waals surface area contributed by atoms with Crippen molar-refractivity contribution in [2.45, 2.75) is 84.0 Å². The number of nitrogens with one attached hydrogen (secondary N) is 1. The van der Waals surface area contributed by atoms with Gasteiger partial charge in [0.15, 0.2) is 11.5 Å². The monoisotopic (exact) mass is 603 g/mol. The number of Topliss-reactive ketones (excluding diaryl/α,β-unsaturated/α-hetero) is 1. The Morgan fingerprint density at radius 2 is 1.73 bits per heavy atom. The molecule has 2 fully saturated rings. The van der Waals surface area contributed by atoms with Crippen molar-refractivity contribution in [1.82, 2.24) is 4.90 Å². The van der Waals surface area contributed by atoms with E-state index in [-0.39, 0.29) is 34.4 Å². The summed E-state index contributed by atoms with van der Waals surface area (Å²) in [6.45, 7) is 4.21. The highest BCUT2D eigenvalue weighted by Crippen LogP contribution is 2.37. The molecule has 11 heteroatoms. The second-order valence-electron chi connectivity index (χ2n) is 11.3. The van der Waals surface area contributed by atoms with Crippen LogP contribution in [0.15, 0.2) is 28.4 Å². The first-order valence-electron chi connectivity index (χ1n) is 13.5. The van der Waals surface area contributed by atoms with Gasteiger partial charge in [-0.25, -0.2) is 4.39 Å². The van der Waals surface area contributed by atoms with E-state index in [4.69, 9.17) is 28.6 Å². The molecule has 3 rings (SSSR count). The van der Waals surface area contributed by atoms with E-state index in [2.05, 4.69) is 4.99 Å². The quantitative estimate of drug-likeness (QED) is 0.140. The molecule has 0 heterocycles. The summed E-state index contributed by atoms with van der Waals surface area (Å²) >= 11 is 12.5. The zero-order chi connectivity index (χ0) is 29.8. The topological polar surface area (TPSA) is 73.6 Å². The second kappa shape index (κ2) is 13.1. The molecule has 220 valence electrons. The van der Waals surface area contributed by atoms with Gasteiger partial charge in [-0.1, -0.05) is 43.5 Å². The fourth-order valence-corrected chi connectivity index (χ4v) is 6.35.